The SMILES string of the molecule is NC1CCN(c2ccc(NCc3cccc4c3C(=O)N(C3CCC(=O)NC3=O)C4)cc2)CC1. The molecule has 8 nitrogen and oxygen atoms in total. The van der Waals surface area contributed by atoms with Crippen molar-refractivity contribution in [2.24, 2.45) is 5.73 Å². The average Bonchev–Trinajstić information content (AvgIpc) is 3.15. The summed E-state index contributed by atoms with van der Waals surface area (Å²) in [6.07, 6.45) is 2.66. The lowest BCUT2D eigenvalue weighted by atomic mass is 10.0. The van der Waals surface area contributed by atoms with Gasteiger partial charge < -0.3 is 20.9 Å². The number of imide groups is 1. The Hall–Kier alpha value is -3.39. The van der Waals surface area contributed by atoms with Crippen molar-refractivity contribution in [1.82, 2.24) is 10.2 Å². The molecule has 3 amide bonds. The van der Waals surface area contributed by atoms with Crippen molar-refractivity contribution in [2.45, 2.75) is 50.9 Å². The van der Waals surface area contributed by atoms with E-state index < -0.39 is 6.04 Å². The van der Waals surface area contributed by atoms with Gasteiger partial charge in [-0.2, -0.15) is 0 Å². The van der Waals surface area contributed by atoms with E-state index in [4.69, 9.17) is 5.73 Å². The van der Waals surface area contributed by atoms with Crippen molar-refractivity contribution in [1.29, 1.82) is 0 Å². The maximum Gasteiger partial charge on any atom is 0.255 e. The Morgan fingerprint density at radius 1 is 1.00 bits per heavy atom. The molecule has 2 fully saturated rings. The lowest BCUT2D eigenvalue weighted by Gasteiger charge is -2.32. The van der Waals surface area contributed by atoms with Crippen molar-refractivity contribution in [2.75, 3.05) is 23.3 Å². The second-order valence-corrected chi connectivity index (χ2v) is 9.08. The number of benzene rings is 2. The zero-order valence-corrected chi connectivity index (χ0v) is 18.5. The highest BCUT2D eigenvalue weighted by atomic mass is 16.2. The molecular weight excluding hydrogens is 418 g/mol. The van der Waals surface area contributed by atoms with E-state index in [1.165, 1.54) is 5.69 Å². The molecule has 5 rings (SSSR count). The van der Waals surface area contributed by atoms with Gasteiger partial charge in [0.2, 0.25) is 11.8 Å². The third-order valence-corrected chi connectivity index (χ3v) is 6.89. The monoisotopic (exact) mass is 447 g/mol. The number of hydrogen-bond donors (Lipinski definition) is 3. The summed E-state index contributed by atoms with van der Waals surface area (Å²) in [5.41, 5.74) is 10.7. The highest BCUT2D eigenvalue weighted by Gasteiger charge is 2.39. The molecule has 8 heteroatoms. The molecule has 2 saturated heterocycles. The first-order valence-corrected chi connectivity index (χ1v) is 11.6. The lowest BCUT2D eigenvalue weighted by Crippen LogP contribution is -2.52. The van der Waals surface area contributed by atoms with Gasteiger partial charge in [-0.3, -0.25) is 19.7 Å². The fraction of sp³-hybridized carbons (Fsp3) is 0.400. The fourth-order valence-corrected chi connectivity index (χ4v) is 4.98. The van der Waals surface area contributed by atoms with Gasteiger partial charge >= 0.3 is 0 Å². The van der Waals surface area contributed by atoms with Crippen LogP contribution in [0.4, 0.5) is 11.4 Å². The van der Waals surface area contributed by atoms with E-state index in [-0.39, 0.29) is 24.1 Å². The van der Waals surface area contributed by atoms with Crippen LogP contribution in [0.5, 0.6) is 0 Å². The molecule has 0 aromatic heterocycles. The summed E-state index contributed by atoms with van der Waals surface area (Å²) in [6.45, 7) is 2.87. The predicted octanol–water partition coefficient (Wildman–Crippen LogP) is 1.99. The molecule has 0 radical (unpaired) electrons. The quantitative estimate of drug-likeness (QED) is 0.605. The van der Waals surface area contributed by atoms with Crippen LogP contribution in [0, 0.1) is 0 Å². The van der Waals surface area contributed by atoms with E-state index >= 15 is 0 Å². The lowest BCUT2D eigenvalue weighted by molar-refractivity contribution is -0.136. The number of nitrogens with zero attached hydrogens (tertiary/aromatic N) is 2. The number of nitrogens with two attached hydrogens (primary N) is 1. The Morgan fingerprint density at radius 2 is 1.76 bits per heavy atom. The Bertz CT molecular complexity index is 1080. The number of fused-ring (bicyclic) bond motifs is 1. The molecule has 0 spiro atoms. The molecule has 1 unspecified atom stereocenters. The molecule has 2 aromatic carbocycles. The topological polar surface area (TPSA) is 108 Å². The Balaban J connectivity index is 1.25. The van der Waals surface area contributed by atoms with Crippen LogP contribution >= 0.6 is 0 Å². The van der Waals surface area contributed by atoms with E-state index in [2.05, 4.69) is 39.8 Å². The summed E-state index contributed by atoms with van der Waals surface area (Å²) < 4.78 is 0. The summed E-state index contributed by atoms with van der Waals surface area (Å²) >= 11 is 0. The fourth-order valence-electron chi connectivity index (χ4n) is 4.98. The molecule has 0 aliphatic carbocycles. The van der Waals surface area contributed by atoms with Crippen LogP contribution in [0.2, 0.25) is 0 Å². The molecule has 3 heterocycles. The van der Waals surface area contributed by atoms with E-state index in [1.807, 2.05) is 18.2 Å². The zero-order chi connectivity index (χ0) is 22.9. The number of rotatable bonds is 5. The smallest absolute Gasteiger partial charge is 0.255 e. The molecule has 3 aliphatic rings. The number of anilines is 2. The van der Waals surface area contributed by atoms with Crippen molar-refractivity contribution in [3.8, 4) is 0 Å². The highest BCUT2D eigenvalue weighted by molar-refractivity contribution is 6.06. The largest absolute Gasteiger partial charge is 0.381 e. The number of carbonyl (C=O) groups is 3. The van der Waals surface area contributed by atoms with Gasteiger partial charge in [0.05, 0.1) is 0 Å². The first-order chi connectivity index (χ1) is 16.0. The van der Waals surface area contributed by atoms with Gasteiger partial charge in [0.15, 0.2) is 0 Å². The minimum Gasteiger partial charge on any atom is -0.381 e. The van der Waals surface area contributed by atoms with E-state index in [1.54, 1.807) is 4.90 Å². The van der Waals surface area contributed by atoms with Gasteiger partial charge in [0.1, 0.15) is 6.04 Å². The van der Waals surface area contributed by atoms with Gasteiger partial charge in [0.25, 0.3) is 5.91 Å². The van der Waals surface area contributed by atoms with Gasteiger partial charge in [0, 0.05) is 55.6 Å². The van der Waals surface area contributed by atoms with Crippen LogP contribution in [0.15, 0.2) is 42.5 Å². The Kier molecular flexibility index (Phi) is 5.76. The number of carbonyl (C=O) groups excluding carboxylic acids is 3. The second kappa shape index (κ2) is 8.86. The van der Waals surface area contributed by atoms with Gasteiger partial charge in [-0.15, -0.1) is 0 Å². The molecule has 4 N–H and O–H groups in total. The first-order valence-electron chi connectivity index (χ1n) is 11.6. The average molecular weight is 448 g/mol. The minimum absolute atomic E-state index is 0.143. The molecule has 33 heavy (non-hydrogen) atoms. The molecule has 1 atom stereocenters. The van der Waals surface area contributed by atoms with Crippen LogP contribution in [0.1, 0.15) is 47.2 Å². The normalized spacial score (nSPS) is 21.2. The van der Waals surface area contributed by atoms with Crippen molar-refractivity contribution in [3.05, 3.63) is 59.2 Å². The highest BCUT2D eigenvalue weighted by Crippen LogP contribution is 2.30. The van der Waals surface area contributed by atoms with Crippen LogP contribution in [-0.4, -0.2) is 47.8 Å². The standard InChI is InChI=1S/C25H29N5O3/c26-18-10-12-29(13-11-18)20-6-4-19(5-7-20)27-14-16-2-1-3-17-15-30(25(33)23(16)17)21-8-9-22(31)28-24(21)32/h1-7,18,21,27H,8-15,26H2,(H,28,31,32). The summed E-state index contributed by atoms with van der Waals surface area (Å²) in [7, 11) is 0. The minimum atomic E-state index is -0.597. The summed E-state index contributed by atoms with van der Waals surface area (Å²) in [5, 5.41) is 5.78. The number of hydrogen-bond acceptors (Lipinski definition) is 6. The summed E-state index contributed by atoms with van der Waals surface area (Å²) in [6, 6.07) is 13.9. The molecule has 0 bridgehead atoms. The van der Waals surface area contributed by atoms with E-state index in [9.17, 15) is 14.4 Å². The third-order valence-electron chi connectivity index (χ3n) is 6.89. The van der Waals surface area contributed by atoms with Crippen molar-refractivity contribution in [3.63, 3.8) is 0 Å². The third kappa shape index (κ3) is 4.30. The van der Waals surface area contributed by atoms with Crippen LogP contribution in [-0.2, 0) is 22.7 Å². The van der Waals surface area contributed by atoms with Crippen molar-refractivity contribution >= 4 is 29.1 Å². The molecule has 3 aliphatic heterocycles. The maximum atomic E-state index is 13.2. The Labute approximate surface area is 193 Å². The zero-order valence-electron chi connectivity index (χ0n) is 18.5. The van der Waals surface area contributed by atoms with Gasteiger partial charge in [-0.1, -0.05) is 18.2 Å². The van der Waals surface area contributed by atoms with Crippen LogP contribution in [0.25, 0.3) is 0 Å². The number of amides is 3. The molecule has 172 valence electrons. The van der Waals surface area contributed by atoms with Crippen LogP contribution in [0.3, 0.4) is 0 Å². The maximum absolute atomic E-state index is 13.2. The van der Waals surface area contributed by atoms with Gasteiger partial charge in [-0.05, 0) is 54.7 Å². The van der Waals surface area contributed by atoms with E-state index in [0.717, 1.165) is 42.7 Å². The van der Waals surface area contributed by atoms with Crippen LogP contribution < -0.4 is 21.3 Å². The summed E-state index contributed by atoms with van der Waals surface area (Å²) in [5.74, 6) is -0.807. The second-order valence-electron chi connectivity index (χ2n) is 9.08. The molecular formula is C25H29N5O3. The first kappa shape index (κ1) is 21.5. The number of nitrogens with one attached hydrogen (secondary N) is 2. The summed E-state index contributed by atoms with van der Waals surface area (Å²) in [4.78, 5) is 40.9. The predicted molar refractivity (Wildman–Crippen MR) is 126 cm³/mol. The van der Waals surface area contributed by atoms with Gasteiger partial charge in [-0.25, -0.2) is 0 Å². The van der Waals surface area contributed by atoms with E-state index in [0.29, 0.717) is 31.1 Å². The molecule has 2 aromatic rings. The molecule has 0 saturated carbocycles. The van der Waals surface area contributed by atoms with Crippen molar-refractivity contribution < 1.29 is 14.4 Å². The number of piperidine rings is 2. The Morgan fingerprint density at radius 3 is 2.48 bits per heavy atom.